The molecule has 0 heterocycles. The number of benzene rings is 1. The Morgan fingerprint density at radius 2 is 1.88 bits per heavy atom. The molecule has 0 saturated heterocycles. The Hall–Kier alpha value is -1.03. The summed E-state index contributed by atoms with van der Waals surface area (Å²) in [5, 5.41) is 6.17. The SMILES string of the molecule is CCNC(=NCCC(C)c1ccc(OC)cc1)NCCS(C)(=O)=O.I. The van der Waals surface area contributed by atoms with Crippen LogP contribution in [-0.2, 0) is 9.84 Å². The third-order valence-corrected chi connectivity index (χ3v) is 4.57. The molecule has 1 atom stereocenters. The lowest BCUT2D eigenvalue weighted by Crippen LogP contribution is -2.39. The van der Waals surface area contributed by atoms with Crippen LogP contribution in [0.4, 0.5) is 0 Å². The molecule has 0 spiro atoms. The van der Waals surface area contributed by atoms with Gasteiger partial charge in [0.25, 0.3) is 0 Å². The van der Waals surface area contributed by atoms with Gasteiger partial charge in [0.05, 0.1) is 12.9 Å². The number of guanidine groups is 1. The Labute approximate surface area is 168 Å². The molecular weight excluding hydrogens is 453 g/mol. The van der Waals surface area contributed by atoms with E-state index < -0.39 is 9.84 Å². The van der Waals surface area contributed by atoms with Crippen molar-refractivity contribution >= 4 is 39.8 Å². The highest BCUT2D eigenvalue weighted by Gasteiger charge is 2.06. The van der Waals surface area contributed by atoms with E-state index in [4.69, 9.17) is 4.74 Å². The van der Waals surface area contributed by atoms with Crippen LogP contribution in [0.25, 0.3) is 0 Å². The fourth-order valence-electron chi connectivity index (χ4n) is 2.17. The van der Waals surface area contributed by atoms with Crippen molar-refractivity contribution < 1.29 is 13.2 Å². The van der Waals surface area contributed by atoms with E-state index in [1.807, 2.05) is 19.1 Å². The van der Waals surface area contributed by atoms with E-state index in [9.17, 15) is 8.42 Å². The molecule has 144 valence electrons. The summed E-state index contributed by atoms with van der Waals surface area (Å²) in [5.74, 6) is 2.00. The molecule has 2 N–H and O–H groups in total. The molecule has 0 aliphatic carbocycles. The Balaban J connectivity index is 0.00000576. The van der Waals surface area contributed by atoms with Crippen molar-refractivity contribution in [2.24, 2.45) is 4.99 Å². The van der Waals surface area contributed by atoms with Gasteiger partial charge in [0.1, 0.15) is 15.6 Å². The lowest BCUT2D eigenvalue weighted by Gasteiger charge is -2.13. The highest BCUT2D eigenvalue weighted by Crippen LogP contribution is 2.21. The molecule has 1 unspecified atom stereocenters. The largest absolute Gasteiger partial charge is 0.497 e. The number of rotatable bonds is 9. The second kappa shape index (κ2) is 12.3. The number of methoxy groups -OCH3 is 1. The molecule has 0 aromatic heterocycles. The average molecular weight is 483 g/mol. The molecule has 1 aromatic rings. The van der Waals surface area contributed by atoms with Crippen LogP contribution in [0.1, 0.15) is 31.7 Å². The zero-order chi connectivity index (χ0) is 18.0. The summed E-state index contributed by atoms with van der Waals surface area (Å²) in [5.41, 5.74) is 1.25. The number of nitrogens with one attached hydrogen (secondary N) is 2. The number of ether oxygens (including phenoxy) is 1. The minimum atomic E-state index is -2.97. The molecular formula is C17H30IN3O3S. The number of nitrogens with zero attached hydrogens (tertiary/aromatic N) is 1. The fourth-order valence-corrected chi connectivity index (χ4v) is 2.64. The maximum atomic E-state index is 11.2. The fraction of sp³-hybridized carbons (Fsp3) is 0.588. The molecule has 0 aliphatic heterocycles. The predicted molar refractivity (Wildman–Crippen MR) is 115 cm³/mol. The number of aliphatic imine (C=N–C) groups is 1. The summed E-state index contributed by atoms with van der Waals surface area (Å²) in [6, 6.07) is 8.07. The normalized spacial score (nSPS) is 12.9. The van der Waals surface area contributed by atoms with Crippen LogP contribution in [0.5, 0.6) is 5.75 Å². The first-order valence-electron chi connectivity index (χ1n) is 8.19. The molecule has 0 saturated carbocycles. The summed E-state index contributed by atoms with van der Waals surface area (Å²) >= 11 is 0. The Kier molecular flexibility index (Phi) is 11.8. The van der Waals surface area contributed by atoms with Gasteiger partial charge in [0.2, 0.25) is 0 Å². The zero-order valence-corrected chi connectivity index (χ0v) is 18.6. The zero-order valence-electron chi connectivity index (χ0n) is 15.4. The highest BCUT2D eigenvalue weighted by atomic mass is 127. The monoisotopic (exact) mass is 483 g/mol. The van der Waals surface area contributed by atoms with Gasteiger partial charge >= 0.3 is 0 Å². The molecule has 0 aliphatic rings. The molecule has 0 bridgehead atoms. The van der Waals surface area contributed by atoms with E-state index in [-0.39, 0.29) is 29.7 Å². The smallest absolute Gasteiger partial charge is 0.191 e. The van der Waals surface area contributed by atoms with Gasteiger partial charge < -0.3 is 15.4 Å². The van der Waals surface area contributed by atoms with Crippen molar-refractivity contribution in [2.45, 2.75) is 26.2 Å². The molecule has 25 heavy (non-hydrogen) atoms. The lowest BCUT2D eigenvalue weighted by molar-refractivity contribution is 0.414. The molecule has 0 radical (unpaired) electrons. The summed E-state index contributed by atoms with van der Waals surface area (Å²) in [7, 11) is -1.31. The summed E-state index contributed by atoms with van der Waals surface area (Å²) in [6.07, 6.45) is 2.14. The van der Waals surface area contributed by atoms with Crippen molar-refractivity contribution in [3.63, 3.8) is 0 Å². The van der Waals surface area contributed by atoms with E-state index >= 15 is 0 Å². The van der Waals surface area contributed by atoms with Crippen LogP contribution < -0.4 is 15.4 Å². The second-order valence-corrected chi connectivity index (χ2v) is 8.04. The number of sulfone groups is 1. The number of hydrogen-bond acceptors (Lipinski definition) is 4. The van der Waals surface area contributed by atoms with E-state index in [1.165, 1.54) is 11.8 Å². The minimum Gasteiger partial charge on any atom is -0.497 e. The van der Waals surface area contributed by atoms with Crippen molar-refractivity contribution in [2.75, 3.05) is 38.8 Å². The van der Waals surface area contributed by atoms with Crippen molar-refractivity contribution in [3.8, 4) is 5.75 Å². The van der Waals surface area contributed by atoms with Crippen LogP contribution in [0.2, 0.25) is 0 Å². The molecule has 0 fully saturated rings. The van der Waals surface area contributed by atoms with Crippen LogP contribution in [0.15, 0.2) is 29.3 Å². The highest BCUT2D eigenvalue weighted by molar-refractivity contribution is 14.0. The summed E-state index contributed by atoms with van der Waals surface area (Å²) in [6.45, 7) is 5.91. The van der Waals surface area contributed by atoms with Gasteiger partial charge in [-0.15, -0.1) is 24.0 Å². The average Bonchev–Trinajstić information content (AvgIpc) is 2.53. The number of hydrogen-bond donors (Lipinski definition) is 2. The summed E-state index contributed by atoms with van der Waals surface area (Å²) < 4.78 is 27.5. The predicted octanol–water partition coefficient (Wildman–Crippen LogP) is 2.41. The maximum absolute atomic E-state index is 11.2. The second-order valence-electron chi connectivity index (χ2n) is 5.78. The van der Waals surface area contributed by atoms with E-state index in [2.05, 4.69) is 34.7 Å². The van der Waals surface area contributed by atoms with E-state index in [1.54, 1.807) is 7.11 Å². The third kappa shape index (κ3) is 10.5. The van der Waals surface area contributed by atoms with Crippen molar-refractivity contribution in [1.29, 1.82) is 0 Å². The number of halogens is 1. The Bertz CT molecular complexity index is 619. The van der Waals surface area contributed by atoms with Crippen LogP contribution >= 0.6 is 24.0 Å². The molecule has 1 rings (SSSR count). The van der Waals surface area contributed by atoms with Gasteiger partial charge in [-0.05, 0) is 37.0 Å². The quantitative estimate of drug-likeness (QED) is 0.321. The van der Waals surface area contributed by atoms with E-state index in [0.717, 1.165) is 18.7 Å². The summed E-state index contributed by atoms with van der Waals surface area (Å²) in [4.78, 5) is 4.51. The van der Waals surface area contributed by atoms with Gasteiger partial charge in [-0.3, -0.25) is 4.99 Å². The lowest BCUT2D eigenvalue weighted by atomic mass is 9.98. The maximum Gasteiger partial charge on any atom is 0.191 e. The molecule has 1 aromatic carbocycles. The van der Waals surface area contributed by atoms with Crippen molar-refractivity contribution in [1.82, 2.24) is 10.6 Å². The first kappa shape index (κ1) is 24.0. The molecule has 6 nitrogen and oxygen atoms in total. The van der Waals surface area contributed by atoms with Gasteiger partial charge in [0.15, 0.2) is 5.96 Å². The van der Waals surface area contributed by atoms with Gasteiger partial charge in [-0.2, -0.15) is 0 Å². The van der Waals surface area contributed by atoms with Gasteiger partial charge in [0, 0.05) is 25.9 Å². The minimum absolute atomic E-state index is 0. The third-order valence-electron chi connectivity index (χ3n) is 3.63. The van der Waals surface area contributed by atoms with Crippen LogP contribution in [0.3, 0.4) is 0 Å². The van der Waals surface area contributed by atoms with Crippen LogP contribution in [0, 0.1) is 0 Å². The first-order chi connectivity index (χ1) is 11.4. The van der Waals surface area contributed by atoms with Gasteiger partial charge in [-0.1, -0.05) is 19.1 Å². The van der Waals surface area contributed by atoms with Gasteiger partial charge in [-0.25, -0.2) is 8.42 Å². The van der Waals surface area contributed by atoms with E-state index in [0.29, 0.717) is 25.0 Å². The Morgan fingerprint density at radius 1 is 1.24 bits per heavy atom. The van der Waals surface area contributed by atoms with Crippen molar-refractivity contribution in [3.05, 3.63) is 29.8 Å². The standard InChI is InChI=1S/C17H29N3O3S.HI/c1-5-18-17(20-12-13-24(4,21)22)19-11-10-14(2)15-6-8-16(23-3)9-7-15;/h6-9,14H,5,10-13H2,1-4H3,(H2,18,19,20);1H. The molecule has 0 amide bonds. The topological polar surface area (TPSA) is 79.8 Å². The van der Waals surface area contributed by atoms with Crippen LogP contribution in [-0.4, -0.2) is 53.1 Å². The molecule has 8 heteroatoms. The first-order valence-corrected chi connectivity index (χ1v) is 10.3. The Morgan fingerprint density at radius 3 is 2.40 bits per heavy atom.